The number of rotatable bonds is 3. The van der Waals surface area contributed by atoms with Gasteiger partial charge in [0.1, 0.15) is 6.42 Å². The number of methoxy groups -OCH3 is 1. The third-order valence-electron chi connectivity index (χ3n) is 1.67. The minimum atomic E-state index is -0.865. The summed E-state index contributed by atoms with van der Waals surface area (Å²) in [5.41, 5.74) is 0.727. The lowest BCUT2D eigenvalue weighted by molar-refractivity contribution is -0.139. The van der Waals surface area contributed by atoms with Crippen molar-refractivity contribution in [1.82, 2.24) is 0 Å². The summed E-state index contributed by atoms with van der Waals surface area (Å²) in [4.78, 5) is 21.9. The number of aliphatic carboxylic acids is 1. The molecule has 1 heterocycles. The van der Waals surface area contributed by atoms with Crippen LogP contribution in [0.15, 0.2) is 11.4 Å². The van der Waals surface area contributed by atoms with E-state index in [1.54, 1.807) is 11.4 Å². The summed E-state index contributed by atoms with van der Waals surface area (Å²) in [7, 11) is 1.31. The Kier molecular flexibility index (Phi) is 4.55. The van der Waals surface area contributed by atoms with Gasteiger partial charge in [0.25, 0.3) is 0 Å². The molecule has 5 heteroatoms. The first-order valence-electron chi connectivity index (χ1n) is 4.46. The number of ether oxygens (including phenoxy) is 1. The van der Waals surface area contributed by atoms with Gasteiger partial charge in [-0.2, -0.15) is 0 Å². The van der Waals surface area contributed by atoms with Crippen LogP contribution in [0, 0.1) is 11.8 Å². The van der Waals surface area contributed by atoms with Crippen LogP contribution in [0.4, 0.5) is 0 Å². The molecule has 1 rings (SSSR count). The third kappa shape index (κ3) is 4.15. The molecule has 0 saturated carbocycles. The van der Waals surface area contributed by atoms with Gasteiger partial charge in [-0.25, -0.2) is 0 Å². The van der Waals surface area contributed by atoms with Crippen LogP contribution < -0.4 is 0 Å². The molecule has 1 N–H and O–H groups in total. The minimum absolute atomic E-state index is 0.00332. The summed E-state index contributed by atoms with van der Waals surface area (Å²) >= 11 is 1.34. The Labute approximate surface area is 96.9 Å². The van der Waals surface area contributed by atoms with Crippen molar-refractivity contribution < 1.29 is 19.4 Å². The normalized spacial score (nSPS) is 9.06. The van der Waals surface area contributed by atoms with E-state index in [0.717, 1.165) is 10.4 Å². The highest BCUT2D eigenvalue weighted by atomic mass is 32.1. The SMILES string of the molecule is COC(=O)CC#Cc1csc(CC(=O)O)c1. The van der Waals surface area contributed by atoms with Crippen molar-refractivity contribution >= 4 is 23.3 Å². The van der Waals surface area contributed by atoms with Crippen LogP contribution in [0.1, 0.15) is 16.9 Å². The average molecular weight is 238 g/mol. The standard InChI is InChI=1S/C11H10O4S/c1-15-11(14)4-2-3-8-5-9(16-7-8)6-10(12)13/h5,7H,4,6H2,1H3,(H,12,13). The molecule has 0 aromatic carbocycles. The minimum Gasteiger partial charge on any atom is -0.481 e. The summed E-state index contributed by atoms with van der Waals surface area (Å²) in [5, 5.41) is 10.3. The maximum Gasteiger partial charge on any atom is 0.317 e. The van der Waals surface area contributed by atoms with Crippen LogP contribution in [-0.2, 0) is 20.7 Å². The molecule has 0 radical (unpaired) electrons. The van der Waals surface area contributed by atoms with Gasteiger partial charge < -0.3 is 9.84 Å². The van der Waals surface area contributed by atoms with E-state index >= 15 is 0 Å². The van der Waals surface area contributed by atoms with Crippen LogP contribution in [0.3, 0.4) is 0 Å². The highest BCUT2D eigenvalue weighted by Gasteiger charge is 2.02. The molecule has 1 aromatic heterocycles. The van der Waals surface area contributed by atoms with Crippen LogP contribution in [0.25, 0.3) is 0 Å². The van der Waals surface area contributed by atoms with E-state index in [-0.39, 0.29) is 18.8 Å². The smallest absolute Gasteiger partial charge is 0.317 e. The summed E-state index contributed by atoms with van der Waals surface area (Å²) in [6.07, 6.45) is 0.0456. The Balaban J connectivity index is 2.57. The molecule has 0 aliphatic carbocycles. The van der Waals surface area contributed by atoms with E-state index in [9.17, 15) is 9.59 Å². The second-order valence-electron chi connectivity index (χ2n) is 2.93. The quantitative estimate of drug-likeness (QED) is 0.636. The predicted molar refractivity (Wildman–Crippen MR) is 59.2 cm³/mol. The molecule has 4 nitrogen and oxygen atoms in total. The van der Waals surface area contributed by atoms with Gasteiger partial charge in [-0.3, -0.25) is 9.59 Å². The highest BCUT2D eigenvalue weighted by Crippen LogP contribution is 2.14. The van der Waals surface area contributed by atoms with Crippen molar-refractivity contribution in [2.45, 2.75) is 12.8 Å². The summed E-state index contributed by atoms with van der Waals surface area (Å²) in [6.45, 7) is 0. The van der Waals surface area contributed by atoms with Gasteiger partial charge in [-0.15, -0.1) is 11.3 Å². The van der Waals surface area contributed by atoms with Gasteiger partial charge in [0.15, 0.2) is 0 Å². The van der Waals surface area contributed by atoms with E-state index in [1.807, 2.05) is 0 Å². The second kappa shape index (κ2) is 5.93. The largest absolute Gasteiger partial charge is 0.481 e. The van der Waals surface area contributed by atoms with E-state index in [2.05, 4.69) is 16.6 Å². The fourth-order valence-electron chi connectivity index (χ4n) is 0.979. The fourth-order valence-corrected chi connectivity index (χ4v) is 1.79. The number of hydrogen-bond acceptors (Lipinski definition) is 4. The Hall–Kier alpha value is -1.80. The van der Waals surface area contributed by atoms with E-state index in [0.29, 0.717) is 0 Å². The number of carboxylic acid groups (broad SMARTS) is 1. The van der Waals surface area contributed by atoms with Crippen LogP contribution >= 0.6 is 11.3 Å². The van der Waals surface area contributed by atoms with Gasteiger partial charge in [-0.1, -0.05) is 11.8 Å². The fraction of sp³-hybridized carbons (Fsp3) is 0.273. The Morgan fingerprint density at radius 2 is 2.31 bits per heavy atom. The summed E-state index contributed by atoms with van der Waals surface area (Å²) < 4.78 is 4.43. The number of hydrogen-bond donors (Lipinski definition) is 1. The molecule has 0 bridgehead atoms. The molecule has 0 fully saturated rings. The van der Waals surface area contributed by atoms with Gasteiger partial charge in [0, 0.05) is 15.8 Å². The molecule has 1 aromatic rings. The van der Waals surface area contributed by atoms with Gasteiger partial charge in [-0.05, 0) is 6.07 Å². The van der Waals surface area contributed by atoms with Crippen molar-refractivity contribution in [2.75, 3.05) is 7.11 Å². The molecule has 0 aliphatic heterocycles. The number of carboxylic acids is 1. The van der Waals surface area contributed by atoms with Crippen molar-refractivity contribution in [3.05, 3.63) is 21.9 Å². The molecule has 0 atom stereocenters. The Morgan fingerprint density at radius 1 is 1.56 bits per heavy atom. The van der Waals surface area contributed by atoms with Gasteiger partial charge >= 0.3 is 11.9 Å². The maximum absolute atomic E-state index is 10.8. The summed E-state index contributed by atoms with van der Waals surface area (Å²) in [5.74, 6) is 4.18. The predicted octanol–water partition coefficient (Wildman–Crippen LogP) is 1.29. The van der Waals surface area contributed by atoms with Crippen molar-refractivity contribution in [1.29, 1.82) is 0 Å². The highest BCUT2D eigenvalue weighted by molar-refractivity contribution is 7.10. The lowest BCUT2D eigenvalue weighted by Crippen LogP contribution is -1.97. The zero-order valence-electron chi connectivity index (χ0n) is 8.65. The van der Waals surface area contributed by atoms with Crippen molar-refractivity contribution in [2.24, 2.45) is 0 Å². The lowest BCUT2D eigenvalue weighted by atomic mass is 10.2. The first-order valence-corrected chi connectivity index (χ1v) is 5.34. The molecular weight excluding hydrogens is 228 g/mol. The zero-order chi connectivity index (χ0) is 12.0. The molecule has 0 unspecified atom stereocenters. The first kappa shape index (κ1) is 12.3. The average Bonchev–Trinajstić information content (AvgIpc) is 2.64. The molecule has 0 amide bonds. The monoisotopic (exact) mass is 238 g/mol. The number of thiophene rings is 1. The van der Waals surface area contributed by atoms with E-state index < -0.39 is 5.97 Å². The van der Waals surface area contributed by atoms with Gasteiger partial charge in [0.2, 0.25) is 0 Å². The number of carbonyl (C=O) groups excluding carboxylic acids is 1. The Bertz CT molecular complexity index is 450. The van der Waals surface area contributed by atoms with Crippen LogP contribution in [0.5, 0.6) is 0 Å². The molecule has 0 spiro atoms. The number of esters is 1. The molecule has 0 aliphatic rings. The second-order valence-corrected chi connectivity index (χ2v) is 3.92. The maximum atomic E-state index is 10.8. The van der Waals surface area contributed by atoms with Gasteiger partial charge in [0.05, 0.1) is 13.5 Å². The Morgan fingerprint density at radius 3 is 2.94 bits per heavy atom. The zero-order valence-corrected chi connectivity index (χ0v) is 9.47. The molecule has 16 heavy (non-hydrogen) atoms. The molecular formula is C11H10O4S. The van der Waals surface area contributed by atoms with Crippen LogP contribution in [-0.4, -0.2) is 24.2 Å². The van der Waals surface area contributed by atoms with Crippen molar-refractivity contribution in [3.8, 4) is 11.8 Å². The first-order chi connectivity index (χ1) is 7.61. The van der Waals surface area contributed by atoms with E-state index in [4.69, 9.17) is 5.11 Å². The molecule has 0 saturated heterocycles. The van der Waals surface area contributed by atoms with Crippen molar-refractivity contribution in [3.63, 3.8) is 0 Å². The number of carbonyl (C=O) groups is 2. The lowest BCUT2D eigenvalue weighted by Gasteiger charge is -1.88. The molecule has 84 valence electrons. The van der Waals surface area contributed by atoms with E-state index in [1.165, 1.54) is 18.4 Å². The third-order valence-corrected chi connectivity index (χ3v) is 2.61. The van der Waals surface area contributed by atoms with Crippen LogP contribution in [0.2, 0.25) is 0 Å². The summed E-state index contributed by atoms with van der Waals surface area (Å²) in [6, 6.07) is 1.71. The topological polar surface area (TPSA) is 63.6 Å².